The van der Waals surface area contributed by atoms with Crippen molar-refractivity contribution in [1.29, 1.82) is 5.26 Å². The van der Waals surface area contributed by atoms with Gasteiger partial charge >= 0.3 is 0 Å². The zero-order valence-corrected chi connectivity index (χ0v) is 12.0. The van der Waals surface area contributed by atoms with Crippen molar-refractivity contribution in [3.63, 3.8) is 0 Å². The van der Waals surface area contributed by atoms with E-state index in [0.29, 0.717) is 17.7 Å². The number of aryl methyl sites for hydroxylation is 1. The lowest BCUT2D eigenvalue weighted by atomic mass is 9.90. The van der Waals surface area contributed by atoms with Crippen molar-refractivity contribution >= 4 is 5.95 Å². The molecule has 5 heteroatoms. The van der Waals surface area contributed by atoms with Crippen LogP contribution in [0.1, 0.15) is 37.1 Å². The largest absolute Gasteiger partial charge is 0.340 e. The summed E-state index contributed by atoms with van der Waals surface area (Å²) in [6.07, 6.45) is 5.05. The Hall–Kier alpha value is -1.67. The van der Waals surface area contributed by atoms with Gasteiger partial charge in [-0.3, -0.25) is 0 Å². The predicted octanol–water partition coefficient (Wildman–Crippen LogP) is 1.63. The summed E-state index contributed by atoms with van der Waals surface area (Å²) in [4.78, 5) is 11.1. The summed E-state index contributed by atoms with van der Waals surface area (Å²) in [6.45, 7) is 5.08. The molecule has 3 heterocycles. The molecular weight excluding hydrogens is 250 g/mol. The van der Waals surface area contributed by atoms with Crippen LogP contribution < -0.4 is 10.2 Å². The second kappa shape index (κ2) is 5.76. The highest BCUT2D eigenvalue weighted by molar-refractivity contribution is 5.36. The van der Waals surface area contributed by atoms with E-state index < -0.39 is 0 Å². The van der Waals surface area contributed by atoms with Crippen LogP contribution in [0.4, 0.5) is 5.95 Å². The van der Waals surface area contributed by atoms with Crippen LogP contribution in [-0.4, -0.2) is 35.6 Å². The van der Waals surface area contributed by atoms with Gasteiger partial charge in [0.1, 0.15) is 11.8 Å². The van der Waals surface area contributed by atoms with Gasteiger partial charge in [-0.2, -0.15) is 5.26 Å². The van der Waals surface area contributed by atoms with Gasteiger partial charge in [-0.15, -0.1) is 0 Å². The Morgan fingerprint density at radius 1 is 1.35 bits per heavy atom. The standard InChI is InChI=1S/C15H21N5/c1-11-8-13(9-16)19-15(18-11)20-7-3-4-12(10-20)14-5-2-6-17-14/h8,12,14,17H,2-7,10H2,1H3. The lowest BCUT2D eigenvalue weighted by Gasteiger charge is -2.35. The molecule has 0 aliphatic carbocycles. The number of nitrogens with one attached hydrogen (secondary N) is 1. The molecule has 0 aromatic carbocycles. The molecule has 1 N–H and O–H groups in total. The molecule has 2 saturated heterocycles. The van der Waals surface area contributed by atoms with Crippen LogP contribution in [0.3, 0.4) is 0 Å². The Labute approximate surface area is 120 Å². The number of nitriles is 1. The van der Waals surface area contributed by atoms with Crippen molar-refractivity contribution in [2.24, 2.45) is 5.92 Å². The van der Waals surface area contributed by atoms with E-state index in [1.165, 1.54) is 25.7 Å². The number of hydrogen-bond acceptors (Lipinski definition) is 5. The Balaban J connectivity index is 1.76. The first-order valence-electron chi connectivity index (χ1n) is 7.50. The molecule has 2 aliphatic rings. The summed E-state index contributed by atoms with van der Waals surface area (Å²) in [6, 6.07) is 4.51. The number of nitrogens with zero attached hydrogens (tertiary/aromatic N) is 4. The highest BCUT2D eigenvalue weighted by Crippen LogP contribution is 2.26. The summed E-state index contributed by atoms with van der Waals surface area (Å²) in [5.74, 6) is 1.41. The van der Waals surface area contributed by atoms with Crippen LogP contribution in [0.5, 0.6) is 0 Å². The molecule has 1 aromatic heterocycles. The molecule has 0 spiro atoms. The molecule has 20 heavy (non-hydrogen) atoms. The molecule has 0 radical (unpaired) electrons. The lowest BCUT2D eigenvalue weighted by molar-refractivity contribution is 0.326. The highest BCUT2D eigenvalue weighted by atomic mass is 15.3. The molecule has 2 aliphatic heterocycles. The van der Waals surface area contributed by atoms with E-state index in [-0.39, 0.29) is 0 Å². The predicted molar refractivity (Wildman–Crippen MR) is 77.4 cm³/mol. The summed E-state index contributed by atoms with van der Waals surface area (Å²) in [7, 11) is 0. The molecule has 5 nitrogen and oxygen atoms in total. The van der Waals surface area contributed by atoms with E-state index in [4.69, 9.17) is 5.26 Å². The molecule has 2 unspecified atom stereocenters. The van der Waals surface area contributed by atoms with Gasteiger partial charge in [0, 0.05) is 24.8 Å². The monoisotopic (exact) mass is 271 g/mol. The van der Waals surface area contributed by atoms with E-state index in [2.05, 4.69) is 26.3 Å². The second-order valence-electron chi connectivity index (χ2n) is 5.86. The molecule has 106 valence electrons. The van der Waals surface area contributed by atoms with E-state index in [1.807, 2.05) is 6.92 Å². The Kier molecular flexibility index (Phi) is 3.83. The van der Waals surface area contributed by atoms with Crippen molar-refractivity contribution in [3.05, 3.63) is 17.5 Å². The van der Waals surface area contributed by atoms with Gasteiger partial charge in [-0.1, -0.05) is 0 Å². The zero-order valence-electron chi connectivity index (χ0n) is 12.0. The molecule has 1 aromatic rings. The number of rotatable bonds is 2. The fourth-order valence-electron chi connectivity index (χ4n) is 3.39. The first-order valence-corrected chi connectivity index (χ1v) is 7.50. The minimum atomic E-state index is 0.466. The minimum Gasteiger partial charge on any atom is -0.340 e. The van der Waals surface area contributed by atoms with E-state index in [0.717, 1.165) is 31.3 Å². The fourth-order valence-corrected chi connectivity index (χ4v) is 3.39. The summed E-state index contributed by atoms with van der Waals surface area (Å²) < 4.78 is 0. The Bertz CT molecular complexity index is 515. The van der Waals surface area contributed by atoms with Crippen LogP contribution in [0, 0.1) is 24.2 Å². The molecular formula is C15H21N5. The van der Waals surface area contributed by atoms with Gasteiger partial charge < -0.3 is 10.2 Å². The van der Waals surface area contributed by atoms with Gasteiger partial charge in [-0.05, 0) is 51.1 Å². The van der Waals surface area contributed by atoms with Crippen LogP contribution >= 0.6 is 0 Å². The molecule has 3 rings (SSSR count). The third-order valence-electron chi connectivity index (χ3n) is 4.37. The maximum absolute atomic E-state index is 9.04. The number of hydrogen-bond donors (Lipinski definition) is 1. The third kappa shape index (κ3) is 2.75. The number of piperidine rings is 1. The smallest absolute Gasteiger partial charge is 0.226 e. The average Bonchev–Trinajstić information content (AvgIpc) is 3.01. The maximum atomic E-state index is 9.04. The quantitative estimate of drug-likeness (QED) is 0.885. The van der Waals surface area contributed by atoms with Crippen LogP contribution in [0.15, 0.2) is 6.07 Å². The number of anilines is 1. The lowest BCUT2D eigenvalue weighted by Crippen LogP contribution is -2.44. The van der Waals surface area contributed by atoms with Gasteiger partial charge in [0.15, 0.2) is 0 Å². The SMILES string of the molecule is Cc1cc(C#N)nc(N2CCCC(C3CCCN3)C2)n1. The summed E-state index contributed by atoms with van der Waals surface area (Å²) in [5.41, 5.74) is 1.33. The van der Waals surface area contributed by atoms with Crippen LogP contribution in [0.2, 0.25) is 0 Å². The van der Waals surface area contributed by atoms with Crippen molar-refractivity contribution < 1.29 is 0 Å². The Morgan fingerprint density at radius 3 is 3.00 bits per heavy atom. The van der Waals surface area contributed by atoms with Crippen molar-refractivity contribution in [2.45, 2.75) is 38.6 Å². The second-order valence-corrected chi connectivity index (χ2v) is 5.86. The topological polar surface area (TPSA) is 64.8 Å². The fraction of sp³-hybridized carbons (Fsp3) is 0.667. The molecule has 0 bridgehead atoms. The van der Waals surface area contributed by atoms with Crippen molar-refractivity contribution in [3.8, 4) is 6.07 Å². The first kappa shape index (κ1) is 13.3. The summed E-state index contributed by atoms with van der Waals surface area (Å²) >= 11 is 0. The van der Waals surface area contributed by atoms with Crippen LogP contribution in [-0.2, 0) is 0 Å². The van der Waals surface area contributed by atoms with Crippen molar-refractivity contribution in [2.75, 3.05) is 24.5 Å². The summed E-state index contributed by atoms with van der Waals surface area (Å²) in [5, 5.41) is 12.7. The first-order chi connectivity index (χ1) is 9.76. The van der Waals surface area contributed by atoms with Crippen LogP contribution in [0.25, 0.3) is 0 Å². The minimum absolute atomic E-state index is 0.466. The molecule has 0 saturated carbocycles. The molecule has 0 amide bonds. The normalized spacial score (nSPS) is 26.5. The highest BCUT2D eigenvalue weighted by Gasteiger charge is 2.30. The van der Waals surface area contributed by atoms with E-state index >= 15 is 0 Å². The van der Waals surface area contributed by atoms with E-state index in [9.17, 15) is 0 Å². The van der Waals surface area contributed by atoms with E-state index in [1.54, 1.807) is 6.07 Å². The van der Waals surface area contributed by atoms with Crippen molar-refractivity contribution in [1.82, 2.24) is 15.3 Å². The zero-order chi connectivity index (χ0) is 13.9. The maximum Gasteiger partial charge on any atom is 0.226 e. The average molecular weight is 271 g/mol. The Morgan fingerprint density at radius 2 is 2.25 bits per heavy atom. The molecule has 2 fully saturated rings. The van der Waals surface area contributed by atoms with Gasteiger partial charge in [0.05, 0.1) is 0 Å². The third-order valence-corrected chi connectivity index (χ3v) is 4.37. The number of aromatic nitrogens is 2. The molecule has 2 atom stereocenters. The van der Waals surface area contributed by atoms with Gasteiger partial charge in [-0.25, -0.2) is 9.97 Å². The van der Waals surface area contributed by atoms with Gasteiger partial charge in [0.2, 0.25) is 5.95 Å². The van der Waals surface area contributed by atoms with Gasteiger partial charge in [0.25, 0.3) is 0 Å².